The number of H-pyrrole nitrogens is 1. The minimum absolute atomic E-state index is 0.787. The summed E-state index contributed by atoms with van der Waals surface area (Å²) in [6.07, 6.45) is 1.75. The Morgan fingerprint density at radius 2 is 2.46 bits per heavy atom. The summed E-state index contributed by atoms with van der Waals surface area (Å²) in [6.45, 7) is 3.86. The highest BCUT2D eigenvalue weighted by molar-refractivity contribution is 5.77. The van der Waals surface area contributed by atoms with Gasteiger partial charge in [0.25, 0.3) is 0 Å². The third-order valence-electron chi connectivity index (χ3n) is 1.96. The van der Waals surface area contributed by atoms with Gasteiger partial charge >= 0.3 is 0 Å². The van der Waals surface area contributed by atoms with Crippen molar-refractivity contribution in [2.45, 2.75) is 13.5 Å². The predicted molar refractivity (Wildman–Crippen MR) is 51.3 cm³/mol. The van der Waals surface area contributed by atoms with E-state index >= 15 is 0 Å². The van der Waals surface area contributed by atoms with Gasteiger partial charge < -0.3 is 5.32 Å². The van der Waals surface area contributed by atoms with Crippen molar-refractivity contribution in [2.24, 2.45) is 0 Å². The van der Waals surface area contributed by atoms with Crippen molar-refractivity contribution in [1.29, 1.82) is 0 Å². The summed E-state index contributed by atoms with van der Waals surface area (Å²) in [5, 5.41) is 11.4. The van der Waals surface area contributed by atoms with Crippen molar-refractivity contribution in [3.8, 4) is 0 Å². The van der Waals surface area contributed by atoms with Gasteiger partial charge in [-0.25, -0.2) is 4.98 Å². The lowest BCUT2D eigenvalue weighted by Crippen LogP contribution is -2.12. The van der Waals surface area contributed by atoms with Crippen molar-refractivity contribution in [2.75, 3.05) is 6.54 Å². The van der Waals surface area contributed by atoms with E-state index < -0.39 is 0 Å². The molecule has 2 rings (SSSR count). The Bertz CT molecular complexity index is 393. The smallest absolute Gasteiger partial charge is 0.181 e. The van der Waals surface area contributed by atoms with E-state index in [0.29, 0.717) is 0 Å². The second kappa shape index (κ2) is 3.53. The fraction of sp³-hybridized carbons (Fsp3) is 0.333. The van der Waals surface area contributed by atoms with Crippen molar-refractivity contribution in [3.05, 3.63) is 24.0 Å². The van der Waals surface area contributed by atoms with Crippen LogP contribution < -0.4 is 5.32 Å². The van der Waals surface area contributed by atoms with Crippen LogP contribution in [0.1, 0.15) is 12.6 Å². The minimum atomic E-state index is 0.787. The van der Waals surface area contributed by atoms with E-state index in [0.717, 1.165) is 29.8 Å². The molecule has 13 heavy (non-hydrogen) atoms. The quantitative estimate of drug-likeness (QED) is 0.735. The van der Waals surface area contributed by atoms with Crippen LogP contribution in [-0.4, -0.2) is 21.7 Å². The molecule has 0 fully saturated rings. The molecule has 0 saturated carbocycles. The van der Waals surface area contributed by atoms with E-state index in [1.165, 1.54) is 0 Å². The molecule has 0 aromatic carbocycles. The number of hydrogen-bond donors (Lipinski definition) is 2. The van der Waals surface area contributed by atoms with E-state index in [-0.39, 0.29) is 0 Å². The maximum absolute atomic E-state index is 4.14. The topological polar surface area (TPSA) is 53.6 Å². The first-order valence-electron chi connectivity index (χ1n) is 4.40. The van der Waals surface area contributed by atoms with E-state index in [9.17, 15) is 0 Å². The minimum Gasteiger partial charge on any atom is -0.311 e. The summed E-state index contributed by atoms with van der Waals surface area (Å²) >= 11 is 0. The van der Waals surface area contributed by atoms with Crippen LogP contribution in [0.5, 0.6) is 0 Å². The van der Waals surface area contributed by atoms with E-state index in [2.05, 4.69) is 27.4 Å². The van der Waals surface area contributed by atoms with Crippen LogP contribution in [0.4, 0.5) is 0 Å². The van der Waals surface area contributed by atoms with Gasteiger partial charge in [-0.05, 0) is 18.7 Å². The number of pyridine rings is 1. The van der Waals surface area contributed by atoms with Crippen LogP contribution in [0, 0.1) is 0 Å². The SMILES string of the molecule is CCNCc1[nH]nc2ncccc12. The largest absolute Gasteiger partial charge is 0.311 e. The summed E-state index contributed by atoms with van der Waals surface area (Å²) in [6, 6.07) is 3.95. The van der Waals surface area contributed by atoms with Gasteiger partial charge in [0.1, 0.15) is 0 Å². The summed E-state index contributed by atoms with van der Waals surface area (Å²) in [4.78, 5) is 4.14. The second-order valence-electron chi connectivity index (χ2n) is 2.86. The lowest BCUT2D eigenvalue weighted by Gasteiger charge is -1.97. The lowest BCUT2D eigenvalue weighted by atomic mass is 10.2. The Balaban J connectivity index is 2.35. The third kappa shape index (κ3) is 1.53. The van der Waals surface area contributed by atoms with Crippen LogP contribution in [0.2, 0.25) is 0 Å². The summed E-state index contributed by atoms with van der Waals surface area (Å²) in [5.41, 5.74) is 1.89. The highest BCUT2D eigenvalue weighted by Crippen LogP contribution is 2.11. The Morgan fingerprint density at radius 1 is 1.54 bits per heavy atom. The molecule has 0 unspecified atom stereocenters. The molecule has 0 saturated heterocycles. The highest BCUT2D eigenvalue weighted by atomic mass is 15.2. The molecule has 0 radical (unpaired) electrons. The van der Waals surface area contributed by atoms with Crippen molar-refractivity contribution in [1.82, 2.24) is 20.5 Å². The molecule has 4 nitrogen and oxygen atoms in total. The number of nitrogens with zero attached hydrogens (tertiary/aromatic N) is 2. The fourth-order valence-corrected chi connectivity index (χ4v) is 1.29. The van der Waals surface area contributed by atoms with Crippen LogP contribution in [0.15, 0.2) is 18.3 Å². The van der Waals surface area contributed by atoms with Crippen molar-refractivity contribution >= 4 is 11.0 Å². The van der Waals surface area contributed by atoms with Gasteiger partial charge in [0.2, 0.25) is 0 Å². The van der Waals surface area contributed by atoms with Crippen LogP contribution in [0.25, 0.3) is 11.0 Å². The van der Waals surface area contributed by atoms with Gasteiger partial charge in [-0.1, -0.05) is 6.92 Å². The number of fused-ring (bicyclic) bond motifs is 1. The fourth-order valence-electron chi connectivity index (χ4n) is 1.29. The molecule has 2 aromatic heterocycles. The number of hydrogen-bond acceptors (Lipinski definition) is 3. The molecule has 2 aromatic rings. The molecule has 0 aliphatic rings. The van der Waals surface area contributed by atoms with Crippen LogP contribution in [0.3, 0.4) is 0 Å². The first kappa shape index (κ1) is 8.19. The molecule has 2 heterocycles. The molecule has 0 bridgehead atoms. The molecule has 2 N–H and O–H groups in total. The Labute approximate surface area is 76.4 Å². The molecule has 68 valence electrons. The highest BCUT2D eigenvalue weighted by Gasteiger charge is 2.03. The number of aromatic nitrogens is 3. The molecule has 4 heteroatoms. The number of aromatic amines is 1. The summed E-state index contributed by atoms with van der Waals surface area (Å²) in [5.74, 6) is 0. The zero-order valence-corrected chi connectivity index (χ0v) is 7.54. The van der Waals surface area contributed by atoms with Crippen molar-refractivity contribution < 1.29 is 0 Å². The monoisotopic (exact) mass is 176 g/mol. The van der Waals surface area contributed by atoms with E-state index in [1.807, 2.05) is 12.1 Å². The Kier molecular flexibility index (Phi) is 2.23. The predicted octanol–water partition coefficient (Wildman–Crippen LogP) is 1.07. The summed E-state index contributed by atoms with van der Waals surface area (Å²) < 4.78 is 0. The number of rotatable bonds is 3. The van der Waals surface area contributed by atoms with Gasteiger partial charge in [0, 0.05) is 18.1 Å². The zero-order chi connectivity index (χ0) is 9.10. The van der Waals surface area contributed by atoms with Gasteiger partial charge in [-0.2, -0.15) is 5.10 Å². The van der Waals surface area contributed by atoms with Gasteiger partial charge in [0.05, 0.1) is 5.69 Å². The molecular weight excluding hydrogens is 164 g/mol. The molecule has 0 amide bonds. The molecule has 0 atom stereocenters. The van der Waals surface area contributed by atoms with Crippen LogP contribution in [-0.2, 0) is 6.54 Å². The van der Waals surface area contributed by atoms with Crippen LogP contribution >= 0.6 is 0 Å². The van der Waals surface area contributed by atoms with Gasteiger partial charge in [0.15, 0.2) is 5.65 Å². The first-order valence-corrected chi connectivity index (χ1v) is 4.40. The van der Waals surface area contributed by atoms with Gasteiger partial charge in [-0.15, -0.1) is 0 Å². The standard InChI is InChI=1S/C9H12N4/c1-2-10-6-8-7-4-3-5-11-9(7)13-12-8/h3-5,10H,2,6H2,1H3,(H,11,12,13). The van der Waals surface area contributed by atoms with E-state index in [4.69, 9.17) is 0 Å². The first-order chi connectivity index (χ1) is 6.42. The maximum atomic E-state index is 4.14. The maximum Gasteiger partial charge on any atom is 0.181 e. The van der Waals surface area contributed by atoms with Crippen molar-refractivity contribution in [3.63, 3.8) is 0 Å². The molecular formula is C9H12N4. The average Bonchev–Trinajstić information content (AvgIpc) is 2.58. The summed E-state index contributed by atoms with van der Waals surface area (Å²) in [7, 11) is 0. The molecule has 0 spiro atoms. The molecule has 0 aliphatic carbocycles. The molecule has 0 aliphatic heterocycles. The normalized spacial score (nSPS) is 10.8. The Morgan fingerprint density at radius 3 is 3.31 bits per heavy atom. The lowest BCUT2D eigenvalue weighted by molar-refractivity contribution is 0.711. The number of nitrogens with one attached hydrogen (secondary N) is 2. The Hall–Kier alpha value is -1.42. The van der Waals surface area contributed by atoms with Gasteiger partial charge in [-0.3, -0.25) is 5.10 Å². The third-order valence-corrected chi connectivity index (χ3v) is 1.96. The second-order valence-corrected chi connectivity index (χ2v) is 2.86. The zero-order valence-electron chi connectivity index (χ0n) is 7.54. The van der Waals surface area contributed by atoms with E-state index in [1.54, 1.807) is 6.20 Å². The average molecular weight is 176 g/mol.